The summed E-state index contributed by atoms with van der Waals surface area (Å²) in [6.07, 6.45) is 6.44. The van der Waals surface area contributed by atoms with E-state index >= 15 is 0 Å². The molecule has 1 saturated carbocycles. The van der Waals surface area contributed by atoms with Gasteiger partial charge in [0.2, 0.25) is 0 Å². The minimum atomic E-state index is 0.539. The molecule has 0 atom stereocenters. The highest BCUT2D eigenvalue weighted by Crippen LogP contribution is 2.44. The molecule has 3 heterocycles. The minimum absolute atomic E-state index is 0.539. The van der Waals surface area contributed by atoms with Crippen molar-refractivity contribution in [3.8, 4) is 39.9 Å². The average Bonchev–Trinajstić information content (AvgIpc) is 3.78. The first-order valence-corrected chi connectivity index (χ1v) is 19.2. The van der Waals surface area contributed by atoms with Gasteiger partial charge in [-0.05, 0) is 48.6 Å². The number of hydrogen-bond acceptors (Lipinski definition) is 3. The number of nitrogens with zero attached hydrogens (tertiary/aromatic N) is 5. The highest BCUT2D eigenvalue weighted by atomic mass is 15.0. The van der Waals surface area contributed by atoms with E-state index in [1.807, 2.05) is 36.4 Å². The maximum atomic E-state index is 5.07. The number of para-hydroxylation sites is 2. The van der Waals surface area contributed by atoms with Gasteiger partial charge in [-0.3, -0.25) is 0 Å². The Labute approximate surface area is 313 Å². The lowest BCUT2D eigenvalue weighted by Gasteiger charge is -2.25. The molecule has 258 valence electrons. The summed E-state index contributed by atoms with van der Waals surface area (Å²) < 4.78 is 5.11. The average molecular weight is 696 g/mol. The van der Waals surface area contributed by atoms with Crippen LogP contribution in [0.5, 0.6) is 0 Å². The van der Waals surface area contributed by atoms with E-state index in [4.69, 9.17) is 15.0 Å². The van der Waals surface area contributed by atoms with Gasteiger partial charge in [-0.1, -0.05) is 147 Å². The zero-order chi connectivity index (χ0) is 35.6. The van der Waals surface area contributed by atoms with Crippen LogP contribution in [-0.2, 0) is 0 Å². The fourth-order valence-corrected chi connectivity index (χ4v) is 9.08. The molecule has 0 amide bonds. The maximum Gasteiger partial charge on any atom is 0.164 e. The molecule has 11 rings (SSSR count). The van der Waals surface area contributed by atoms with Gasteiger partial charge in [0.05, 0.1) is 16.6 Å². The van der Waals surface area contributed by atoms with Gasteiger partial charge >= 0.3 is 0 Å². The zero-order valence-corrected chi connectivity index (χ0v) is 29.9. The smallest absolute Gasteiger partial charge is 0.164 e. The molecule has 3 aromatic heterocycles. The van der Waals surface area contributed by atoms with Crippen LogP contribution in [-0.4, -0.2) is 24.1 Å². The molecule has 0 aliphatic heterocycles. The van der Waals surface area contributed by atoms with E-state index in [1.165, 1.54) is 86.5 Å². The van der Waals surface area contributed by atoms with Gasteiger partial charge in [0.25, 0.3) is 0 Å². The molecule has 0 N–H and O–H groups in total. The molecule has 5 heteroatoms. The predicted molar refractivity (Wildman–Crippen MR) is 223 cm³/mol. The SMILES string of the molecule is c1ccc(-c2nc(-c3ccccc3)nc(-c3cccc(-n4c5ccccc5c5ccc6c(ccc7c6c6ccccc6n7C6CCCCC6)c54)c3)n2)cc1. The van der Waals surface area contributed by atoms with Crippen LogP contribution in [0.3, 0.4) is 0 Å². The lowest BCUT2D eigenvalue weighted by molar-refractivity contribution is 0.367. The van der Waals surface area contributed by atoms with Crippen molar-refractivity contribution in [1.82, 2.24) is 24.1 Å². The quantitative estimate of drug-likeness (QED) is 0.180. The Balaban J connectivity index is 1.15. The van der Waals surface area contributed by atoms with Gasteiger partial charge < -0.3 is 9.13 Å². The summed E-state index contributed by atoms with van der Waals surface area (Å²) in [6, 6.07) is 56.9. The molecule has 7 aromatic carbocycles. The van der Waals surface area contributed by atoms with Gasteiger partial charge in [0.15, 0.2) is 17.5 Å². The summed E-state index contributed by atoms with van der Waals surface area (Å²) in [5, 5.41) is 7.73. The number of rotatable bonds is 5. The Hall–Kier alpha value is -6.59. The van der Waals surface area contributed by atoms with Crippen molar-refractivity contribution in [3.05, 3.63) is 158 Å². The lowest BCUT2D eigenvalue weighted by Crippen LogP contribution is -2.12. The second-order valence-corrected chi connectivity index (χ2v) is 14.6. The molecule has 1 fully saturated rings. The van der Waals surface area contributed by atoms with E-state index in [2.05, 4.69) is 130 Å². The van der Waals surface area contributed by atoms with E-state index in [0.29, 0.717) is 23.5 Å². The molecule has 10 aromatic rings. The van der Waals surface area contributed by atoms with Gasteiger partial charge in [0.1, 0.15) is 0 Å². The summed E-state index contributed by atoms with van der Waals surface area (Å²) in [4.78, 5) is 15.1. The van der Waals surface area contributed by atoms with Crippen molar-refractivity contribution < 1.29 is 0 Å². The second kappa shape index (κ2) is 12.5. The van der Waals surface area contributed by atoms with Crippen molar-refractivity contribution in [2.24, 2.45) is 0 Å². The van der Waals surface area contributed by atoms with Gasteiger partial charge in [-0.15, -0.1) is 0 Å². The number of hydrogen-bond donors (Lipinski definition) is 0. The third-order valence-corrected chi connectivity index (χ3v) is 11.5. The van der Waals surface area contributed by atoms with E-state index in [9.17, 15) is 0 Å². The standard InChI is InChI=1S/C49H37N5/c1-4-15-32(16-5-1)47-50-48(33-17-6-2-7-18-33)52-49(51-47)34-19-14-22-36(31-34)54-42-25-12-10-23-37(42)39-28-27-38-40(46(39)54)29-30-44-45(38)41-24-11-13-26-43(41)53(44)35-20-8-3-9-21-35/h1-2,4-7,10-19,22-31,35H,3,8-9,20-21H2. The van der Waals surface area contributed by atoms with E-state index in [-0.39, 0.29) is 0 Å². The molecular formula is C49H37N5. The first kappa shape index (κ1) is 31.0. The molecule has 0 saturated heterocycles. The molecule has 54 heavy (non-hydrogen) atoms. The van der Waals surface area contributed by atoms with Gasteiger partial charge in [-0.2, -0.15) is 0 Å². The summed E-state index contributed by atoms with van der Waals surface area (Å²) in [7, 11) is 0. The Morgan fingerprint density at radius 3 is 1.69 bits per heavy atom. The van der Waals surface area contributed by atoms with Crippen LogP contribution >= 0.6 is 0 Å². The van der Waals surface area contributed by atoms with Crippen LogP contribution in [0.25, 0.3) is 94.2 Å². The van der Waals surface area contributed by atoms with Crippen molar-refractivity contribution in [3.63, 3.8) is 0 Å². The maximum absolute atomic E-state index is 5.07. The van der Waals surface area contributed by atoms with Crippen molar-refractivity contribution in [2.45, 2.75) is 38.1 Å². The second-order valence-electron chi connectivity index (χ2n) is 14.6. The molecule has 0 bridgehead atoms. The fraction of sp³-hybridized carbons (Fsp3) is 0.122. The molecule has 0 unspecified atom stereocenters. The van der Waals surface area contributed by atoms with Gasteiger partial charge in [0, 0.05) is 60.9 Å². The largest absolute Gasteiger partial charge is 0.337 e. The molecule has 0 spiro atoms. The Bertz CT molecular complexity index is 2970. The predicted octanol–water partition coefficient (Wildman–Crippen LogP) is 12.7. The molecule has 0 radical (unpaired) electrons. The summed E-state index contributed by atoms with van der Waals surface area (Å²) in [5.74, 6) is 1.96. The van der Waals surface area contributed by atoms with Crippen molar-refractivity contribution in [1.29, 1.82) is 0 Å². The minimum Gasteiger partial charge on any atom is -0.337 e. The number of benzene rings is 7. The van der Waals surface area contributed by atoms with Gasteiger partial charge in [-0.25, -0.2) is 15.0 Å². The third kappa shape index (κ3) is 4.88. The first-order valence-electron chi connectivity index (χ1n) is 19.2. The normalized spacial score (nSPS) is 13.9. The van der Waals surface area contributed by atoms with E-state index < -0.39 is 0 Å². The van der Waals surface area contributed by atoms with Crippen LogP contribution in [0.1, 0.15) is 38.1 Å². The highest BCUT2D eigenvalue weighted by Gasteiger charge is 2.23. The lowest BCUT2D eigenvalue weighted by atomic mass is 9.95. The monoisotopic (exact) mass is 695 g/mol. The van der Waals surface area contributed by atoms with E-state index in [0.717, 1.165) is 22.4 Å². The summed E-state index contributed by atoms with van der Waals surface area (Å²) >= 11 is 0. The highest BCUT2D eigenvalue weighted by molar-refractivity contribution is 6.27. The van der Waals surface area contributed by atoms with Crippen molar-refractivity contribution >= 4 is 54.4 Å². The van der Waals surface area contributed by atoms with Crippen LogP contribution in [0.4, 0.5) is 0 Å². The van der Waals surface area contributed by atoms with Crippen molar-refractivity contribution in [2.75, 3.05) is 0 Å². The Morgan fingerprint density at radius 1 is 0.407 bits per heavy atom. The molecule has 5 nitrogen and oxygen atoms in total. The number of aromatic nitrogens is 5. The zero-order valence-electron chi connectivity index (χ0n) is 29.9. The summed E-state index contributed by atoms with van der Waals surface area (Å²) in [6.45, 7) is 0. The Morgan fingerprint density at radius 2 is 0.963 bits per heavy atom. The van der Waals surface area contributed by atoms with Crippen LogP contribution in [0, 0.1) is 0 Å². The van der Waals surface area contributed by atoms with E-state index in [1.54, 1.807) is 0 Å². The molecule has 1 aliphatic carbocycles. The molecule has 1 aliphatic rings. The van der Waals surface area contributed by atoms with Crippen LogP contribution < -0.4 is 0 Å². The topological polar surface area (TPSA) is 48.5 Å². The fourth-order valence-electron chi connectivity index (χ4n) is 9.08. The van der Waals surface area contributed by atoms with Crippen LogP contribution in [0.15, 0.2) is 158 Å². The summed E-state index contributed by atoms with van der Waals surface area (Å²) in [5.41, 5.74) is 9.01. The van der Waals surface area contributed by atoms with Crippen LogP contribution in [0.2, 0.25) is 0 Å². The molecular weight excluding hydrogens is 659 g/mol. The number of fused-ring (bicyclic) bond motifs is 9. The first-order chi connectivity index (χ1) is 26.8. The Kier molecular flexibility index (Phi) is 7.19. The third-order valence-electron chi connectivity index (χ3n) is 11.5.